The van der Waals surface area contributed by atoms with Gasteiger partial charge in [-0.15, -0.1) is 0 Å². The van der Waals surface area contributed by atoms with Crippen LogP contribution < -0.4 is 24.4 Å². The van der Waals surface area contributed by atoms with Crippen molar-refractivity contribution < 1.29 is 23.9 Å². The minimum atomic E-state index is -0.803. The lowest BCUT2D eigenvalue weighted by Gasteiger charge is -2.23. The van der Waals surface area contributed by atoms with Crippen molar-refractivity contribution in [3.05, 3.63) is 95.2 Å². The van der Waals surface area contributed by atoms with E-state index in [0.29, 0.717) is 45.2 Å². The molecule has 4 rings (SSSR count). The van der Waals surface area contributed by atoms with Gasteiger partial charge in [0.05, 0.1) is 41.4 Å². The Morgan fingerprint density at radius 2 is 1.83 bits per heavy atom. The number of thiazole rings is 1. The standard InChI is InChI=1S/C25H23N3O7S/c1-4-34-19-11-8-16(13-20(19)35-5-2)22-18(24(30)33-3)14-26-25-27(22)23(29)21(36-25)12-15-6-9-17(10-7-15)28(31)32/h6-14,22H,4-5H2,1-3H3/b21-12-/t22-/m1/s1. The fourth-order valence-corrected chi connectivity index (χ4v) is 4.80. The Kier molecular flexibility index (Phi) is 7.30. The molecule has 36 heavy (non-hydrogen) atoms. The molecule has 3 aromatic rings. The summed E-state index contributed by atoms with van der Waals surface area (Å²) in [4.78, 5) is 41.4. The summed E-state index contributed by atoms with van der Waals surface area (Å²) in [5, 5.41) is 10.9. The van der Waals surface area contributed by atoms with Crippen LogP contribution in [0.3, 0.4) is 0 Å². The van der Waals surface area contributed by atoms with Gasteiger partial charge in [-0.1, -0.05) is 17.4 Å². The number of methoxy groups -OCH3 is 1. The highest BCUT2D eigenvalue weighted by Gasteiger charge is 2.31. The Morgan fingerprint density at radius 3 is 2.47 bits per heavy atom. The first-order chi connectivity index (χ1) is 17.4. The third-order valence-corrected chi connectivity index (χ3v) is 6.41. The fraction of sp³-hybridized carbons (Fsp3) is 0.240. The summed E-state index contributed by atoms with van der Waals surface area (Å²) >= 11 is 1.15. The number of ether oxygens (including phenoxy) is 3. The van der Waals surface area contributed by atoms with Gasteiger partial charge in [0.1, 0.15) is 0 Å². The molecule has 0 unspecified atom stereocenters. The summed E-state index contributed by atoms with van der Waals surface area (Å²) in [6.07, 6.45) is 3.05. The van der Waals surface area contributed by atoms with Gasteiger partial charge >= 0.3 is 5.97 Å². The molecule has 1 aliphatic heterocycles. The number of non-ortho nitro benzene ring substituents is 1. The summed E-state index contributed by atoms with van der Waals surface area (Å²) in [6, 6.07) is 10.3. The monoisotopic (exact) mass is 509 g/mol. The van der Waals surface area contributed by atoms with E-state index in [0.717, 1.165) is 11.3 Å². The average molecular weight is 510 g/mol. The van der Waals surface area contributed by atoms with Crippen LogP contribution in [0, 0.1) is 10.1 Å². The number of fused-ring (bicyclic) bond motifs is 1. The molecule has 2 heterocycles. The van der Waals surface area contributed by atoms with Crippen LogP contribution in [-0.2, 0) is 9.53 Å². The fourth-order valence-electron chi connectivity index (χ4n) is 3.83. The largest absolute Gasteiger partial charge is 0.490 e. The molecule has 1 aromatic heterocycles. The van der Waals surface area contributed by atoms with Crippen LogP contribution in [0.25, 0.3) is 6.08 Å². The zero-order valence-corrected chi connectivity index (χ0v) is 20.6. The van der Waals surface area contributed by atoms with Crippen molar-refractivity contribution in [1.82, 2.24) is 4.57 Å². The number of carbonyl (C=O) groups is 1. The molecule has 1 atom stereocenters. The molecule has 186 valence electrons. The van der Waals surface area contributed by atoms with Gasteiger partial charge in [0.2, 0.25) is 0 Å². The number of rotatable bonds is 8. The zero-order valence-electron chi connectivity index (χ0n) is 19.8. The number of nitrogens with zero attached hydrogens (tertiary/aromatic N) is 3. The molecule has 0 aliphatic carbocycles. The summed E-state index contributed by atoms with van der Waals surface area (Å²) in [5.74, 6) is 0.434. The maximum atomic E-state index is 13.6. The molecule has 0 radical (unpaired) electrons. The Morgan fingerprint density at radius 1 is 1.14 bits per heavy atom. The molecule has 0 N–H and O–H groups in total. The Bertz CT molecular complexity index is 1520. The second-order valence-corrected chi connectivity index (χ2v) is 8.61. The number of aromatic nitrogens is 1. The van der Waals surface area contributed by atoms with E-state index in [-0.39, 0.29) is 16.8 Å². The van der Waals surface area contributed by atoms with Crippen molar-refractivity contribution in [2.45, 2.75) is 19.9 Å². The predicted molar refractivity (Wildman–Crippen MR) is 133 cm³/mol. The van der Waals surface area contributed by atoms with E-state index in [9.17, 15) is 19.7 Å². The van der Waals surface area contributed by atoms with E-state index in [2.05, 4.69) is 4.99 Å². The third-order valence-electron chi connectivity index (χ3n) is 5.41. The second-order valence-electron chi connectivity index (χ2n) is 7.60. The van der Waals surface area contributed by atoms with Gasteiger partial charge in [0.15, 0.2) is 16.3 Å². The van der Waals surface area contributed by atoms with E-state index in [1.165, 1.54) is 30.0 Å². The molecular formula is C25H23N3O7S. The Balaban J connectivity index is 1.87. The van der Waals surface area contributed by atoms with Gasteiger partial charge in [0, 0.05) is 18.3 Å². The quantitative estimate of drug-likeness (QED) is 0.260. The van der Waals surface area contributed by atoms with Crippen LogP contribution in [0.15, 0.2) is 64.0 Å². The second kappa shape index (κ2) is 10.6. The minimum absolute atomic E-state index is 0.0445. The summed E-state index contributed by atoms with van der Waals surface area (Å²) < 4.78 is 18.2. The van der Waals surface area contributed by atoms with Gasteiger partial charge in [0.25, 0.3) is 11.2 Å². The number of hydrogen-bond acceptors (Lipinski definition) is 9. The van der Waals surface area contributed by atoms with Crippen molar-refractivity contribution in [2.75, 3.05) is 20.3 Å². The predicted octanol–water partition coefficient (Wildman–Crippen LogP) is 2.72. The number of nitro benzene ring substituents is 1. The first-order valence-corrected chi connectivity index (χ1v) is 11.9. The molecule has 0 amide bonds. The average Bonchev–Trinajstić information content (AvgIpc) is 3.19. The third kappa shape index (κ3) is 4.78. The first-order valence-electron chi connectivity index (χ1n) is 11.1. The lowest BCUT2D eigenvalue weighted by molar-refractivity contribution is -0.384. The Labute approximate surface area is 209 Å². The van der Waals surface area contributed by atoms with Crippen LogP contribution in [0.1, 0.15) is 31.0 Å². The van der Waals surface area contributed by atoms with Crippen molar-refractivity contribution >= 4 is 29.1 Å². The van der Waals surface area contributed by atoms with E-state index < -0.39 is 16.9 Å². The normalized spacial score (nSPS) is 14.9. The molecule has 0 saturated carbocycles. The summed E-state index contributed by atoms with van der Waals surface area (Å²) in [6.45, 7) is 4.57. The van der Waals surface area contributed by atoms with E-state index >= 15 is 0 Å². The van der Waals surface area contributed by atoms with E-state index in [4.69, 9.17) is 14.2 Å². The number of esters is 1. The topological polar surface area (TPSA) is 122 Å². The molecule has 10 nitrogen and oxygen atoms in total. The van der Waals surface area contributed by atoms with Crippen molar-refractivity contribution in [2.24, 2.45) is 4.99 Å². The molecule has 1 aliphatic rings. The number of benzene rings is 2. The minimum Gasteiger partial charge on any atom is -0.490 e. The Hall–Kier alpha value is -4.25. The van der Waals surface area contributed by atoms with Gasteiger partial charge in [-0.3, -0.25) is 19.5 Å². The number of carbonyl (C=O) groups excluding carboxylic acids is 1. The van der Waals surface area contributed by atoms with Gasteiger partial charge in [-0.2, -0.15) is 0 Å². The van der Waals surface area contributed by atoms with Crippen molar-refractivity contribution in [3.8, 4) is 11.5 Å². The maximum Gasteiger partial charge on any atom is 0.337 e. The van der Waals surface area contributed by atoms with Crippen molar-refractivity contribution in [3.63, 3.8) is 0 Å². The number of hydrogen-bond donors (Lipinski definition) is 0. The molecular weight excluding hydrogens is 486 g/mol. The molecule has 0 spiro atoms. The molecule has 0 saturated heterocycles. The van der Waals surface area contributed by atoms with Crippen LogP contribution in [0.2, 0.25) is 0 Å². The highest BCUT2D eigenvalue weighted by Crippen LogP contribution is 2.35. The highest BCUT2D eigenvalue weighted by atomic mass is 32.1. The van der Waals surface area contributed by atoms with Crippen molar-refractivity contribution in [1.29, 1.82) is 0 Å². The van der Waals surface area contributed by atoms with Crippen LogP contribution in [-0.4, -0.2) is 35.8 Å². The van der Waals surface area contributed by atoms with E-state index in [1.807, 2.05) is 13.8 Å². The summed E-state index contributed by atoms with van der Waals surface area (Å²) in [7, 11) is 1.27. The van der Waals surface area contributed by atoms with Gasteiger partial charge < -0.3 is 14.2 Å². The van der Waals surface area contributed by atoms with E-state index in [1.54, 1.807) is 36.4 Å². The lowest BCUT2D eigenvalue weighted by atomic mass is 9.97. The van der Waals surface area contributed by atoms with Crippen LogP contribution >= 0.6 is 11.3 Å². The first kappa shape index (κ1) is 24.9. The SMILES string of the molecule is CCOc1ccc([C@@H]2C(C(=O)OC)=CN=c3s/c(=C\c4ccc([N+](=O)[O-])cc4)c(=O)n32)cc1OCC. The highest BCUT2D eigenvalue weighted by molar-refractivity contribution is 7.07. The van der Waals surface area contributed by atoms with Crippen LogP contribution in [0.4, 0.5) is 5.69 Å². The maximum absolute atomic E-state index is 13.6. The van der Waals surface area contributed by atoms with Crippen LogP contribution in [0.5, 0.6) is 11.5 Å². The van der Waals surface area contributed by atoms with Gasteiger partial charge in [-0.05, 0) is 55.3 Å². The summed E-state index contributed by atoms with van der Waals surface area (Å²) in [5.41, 5.74) is 1.03. The lowest BCUT2D eigenvalue weighted by Crippen LogP contribution is -2.39. The molecule has 0 bridgehead atoms. The smallest absolute Gasteiger partial charge is 0.337 e. The molecule has 0 fully saturated rings. The number of nitro groups is 1. The van der Waals surface area contributed by atoms with Gasteiger partial charge in [-0.25, -0.2) is 9.79 Å². The molecule has 2 aromatic carbocycles. The molecule has 11 heteroatoms. The zero-order chi connectivity index (χ0) is 25.8.